The van der Waals surface area contributed by atoms with Crippen molar-refractivity contribution in [2.45, 2.75) is 13.5 Å². The van der Waals surface area contributed by atoms with E-state index in [-0.39, 0.29) is 16.7 Å². The Morgan fingerprint density at radius 2 is 1.95 bits per heavy atom. The standard InChI is InChI=1S/C13H11ClF2N2O2/c1-2-19-10-5-3-8(7-11(10)20-13(15)16)9-4-6-12(14)18-17-9/h3-7,13H,2H2,1H3. The molecule has 1 aromatic heterocycles. The molecule has 0 bridgehead atoms. The summed E-state index contributed by atoms with van der Waals surface area (Å²) in [6, 6.07) is 7.86. The van der Waals surface area contributed by atoms with Crippen LogP contribution in [0.2, 0.25) is 5.15 Å². The lowest BCUT2D eigenvalue weighted by molar-refractivity contribution is -0.0514. The molecule has 0 spiro atoms. The summed E-state index contributed by atoms with van der Waals surface area (Å²) in [6.45, 7) is -0.828. The molecule has 0 N–H and O–H groups in total. The van der Waals surface area contributed by atoms with Gasteiger partial charge in [0.1, 0.15) is 0 Å². The van der Waals surface area contributed by atoms with Gasteiger partial charge in [0.2, 0.25) is 0 Å². The lowest BCUT2D eigenvalue weighted by Gasteiger charge is -2.12. The van der Waals surface area contributed by atoms with E-state index in [0.717, 1.165) is 0 Å². The molecule has 4 nitrogen and oxygen atoms in total. The van der Waals surface area contributed by atoms with Crippen molar-refractivity contribution < 1.29 is 18.3 Å². The molecular weight excluding hydrogens is 290 g/mol. The van der Waals surface area contributed by atoms with E-state index in [2.05, 4.69) is 14.9 Å². The van der Waals surface area contributed by atoms with Crippen LogP contribution in [0.3, 0.4) is 0 Å². The quantitative estimate of drug-likeness (QED) is 0.842. The van der Waals surface area contributed by atoms with Gasteiger partial charge < -0.3 is 9.47 Å². The number of nitrogens with zero attached hydrogens (tertiary/aromatic N) is 2. The van der Waals surface area contributed by atoms with Gasteiger partial charge in [-0.05, 0) is 37.3 Å². The second kappa shape index (κ2) is 6.47. The third-order valence-corrected chi connectivity index (χ3v) is 2.59. The second-order valence-corrected chi connectivity index (χ2v) is 4.10. The highest BCUT2D eigenvalue weighted by molar-refractivity contribution is 6.29. The van der Waals surface area contributed by atoms with Crippen molar-refractivity contribution in [1.82, 2.24) is 10.2 Å². The fourth-order valence-electron chi connectivity index (χ4n) is 1.60. The first-order chi connectivity index (χ1) is 9.60. The zero-order chi connectivity index (χ0) is 14.5. The first kappa shape index (κ1) is 14.5. The monoisotopic (exact) mass is 300 g/mol. The third kappa shape index (κ3) is 3.54. The smallest absolute Gasteiger partial charge is 0.387 e. The largest absolute Gasteiger partial charge is 0.490 e. The Hall–Kier alpha value is -1.95. The fraction of sp³-hybridized carbons (Fsp3) is 0.231. The highest BCUT2D eigenvalue weighted by atomic mass is 35.5. The van der Waals surface area contributed by atoms with Gasteiger partial charge in [0, 0.05) is 5.56 Å². The maximum Gasteiger partial charge on any atom is 0.387 e. The third-order valence-electron chi connectivity index (χ3n) is 2.39. The summed E-state index contributed by atoms with van der Waals surface area (Å²) in [6.07, 6.45) is 0. The highest BCUT2D eigenvalue weighted by Crippen LogP contribution is 2.33. The number of hydrogen-bond donors (Lipinski definition) is 0. The topological polar surface area (TPSA) is 44.2 Å². The average Bonchev–Trinajstić information content (AvgIpc) is 2.41. The van der Waals surface area contributed by atoms with E-state index in [0.29, 0.717) is 17.9 Å². The molecule has 0 fully saturated rings. The van der Waals surface area contributed by atoms with Gasteiger partial charge in [0.15, 0.2) is 16.7 Å². The summed E-state index contributed by atoms with van der Waals surface area (Å²) in [5, 5.41) is 7.83. The Labute approximate surface area is 119 Å². The molecule has 0 atom stereocenters. The molecule has 0 radical (unpaired) electrons. The van der Waals surface area contributed by atoms with Crippen LogP contribution in [0.4, 0.5) is 8.78 Å². The van der Waals surface area contributed by atoms with Crippen LogP contribution in [0, 0.1) is 0 Å². The number of rotatable bonds is 5. The van der Waals surface area contributed by atoms with E-state index in [9.17, 15) is 8.78 Å². The zero-order valence-corrected chi connectivity index (χ0v) is 11.3. The van der Waals surface area contributed by atoms with E-state index < -0.39 is 6.61 Å². The van der Waals surface area contributed by atoms with Crippen molar-refractivity contribution >= 4 is 11.6 Å². The van der Waals surface area contributed by atoms with Crippen LogP contribution in [-0.2, 0) is 0 Å². The van der Waals surface area contributed by atoms with E-state index in [1.54, 1.807) is 31.2 Å². The van der Waals surface area contributed by atoms with Gasteiger partial charge in [-0.1, -0.05) is 11.6 Å². The Balaban J connectivity index is 2.37. The van der Waals surface area contributed by atoms with Gasteiger partial charge in [0.25, 0.3) is 0 Å². The first-order valence-corrected chi connectivity index (χ1v) is 6.19. The zero-order valence-electron chi connectivity index (χ0n) is 10.5. The van der Waals surface area contributed by atoms with Crippen LogP contribution in [0.1, 0.15) is 6.92 Å². The van der Waals surface area contributed by atoms with Crippen molar-refractivity contribution in [3.63, 3.8) is 0 Å². The molecule has 2 rings (SSSR count). The maximum atomic E-state index is 12.4. The normalized spacial score (nSPS) is 10.7. The van der Waals surface area contributed by atoms with Gasteiger partial charge in [-0.25, -0.2) is 0 Å². The molecule has 2 aromatic rings. The first-order valence-electron chi connectivity index (χ1n) is 5.81. The molecule has 1 aromatic carbocycles. The molecule has 0 aliphatic rings. The minimum atomic E-state index is -2.93. The summed E-state index contributed by atoms with van der Waals surface area (Å²) in [4.78, 5) is 0. The summed E-state index contributed by atoms with van der Waals surface area (Å²) in [5.74, 6) is 0.203. The number of aromatic nitrogens is 2. The van der Waals surface area contributed by atoms with Crippen molar-refractivity contribution in [3.05, 3.63) is 35.5 Å². The van der Waals surface area contributed by atoms with E-state index >= 15 is 0 Å². The second-order valence-electron chi connectivity index (χ2n) is 3.71. The molecule has 0 amide bonds. The van der Waals surface area contributed by atoms with Gasteiger partial charge >= 0.3 is 6.61 Å². The van der Waals surface area contributed by atoms with Crippen LogP contribution >= 0.6 is 11.6 Å². The predicted molar refractivity (Wildman–Crippen MR) is 70.3 cm³/mol. The lowest BCUT2D eigenvalue weighted by Crippen LogP contribution is -2.04. The molecule has 20 heavy (non-hydrogen) atoms. The number of hydrogen-bond acceptors (Lipinski definition) is 4. The average molecular weight is 301 g/mol. The van der Waals surface area contributed by atoms with Gasteiger partial charge in [-0.3, -0.25) is 0 Å². The summed E-state index contributed by atoms with van der Waals surface area (Å²) >= 11 is 5.65. The Morgan fingerprint density at radius 1 is 1.15 bits per heavy atom. The van der Waals surface area contributed by atoms with Crippen molar-refractivity contribution in [2.24, 2.45) is 0 Å². The molecule has 7 heteroatoms. The highest BCUT2D eigenvalue weighted by Gasteiger charge is 2.13. The minimum absolute atomic E-state index is 0.0453. The Kier molecular flexibility index (Phi) is 4.68. The number of halogens is 3. The maximum absolute atomic E-state index is 12.4. The van der Waals surface area contributed by atoms with Gasteiger partial charge in [-0.15, -0.1) is 10.2 Å². The van der Waals surface area contributed by atoms with Crippen LogP contribution in [0.25, 0.3) is 11.3 Å². The number of ether oxygens (including phenoxy) is 2. The molecule has 1 heterocycles. The molecule has 0 unspecified atom stereocenters. The van der Waals surface area contributed by atoms with Crippen molar-refractivity contribution in [3.8, 4) is 22.8 Å². The number of benzene rings is 1. The Morgan fingerprint density at radius 3 is 2.55 bits per heavy atom. The van der Waals surface area contributed by atoms with E-state index in [1.807, 2.05) is 0 Å². The van der Waals surface area contributed by atoms with Gasteiger partial charge in [0.05, 0.1) is 12.3 Å². The van der Waals surface area contributed by atoms with E-state index in [4.69, 9.17) is 16.3 Å². The summed E-state index contributed by atoms with van der Waals surface area (Å²) in [5.41, 5.74) is 1.07. The van der Waals surface area contributed by atoms with Crippen LogP contribution in [0.5, 0.6) is 11.5 Å². The van der Waals surface area contributed by atoms with Crippen LogP contribution in [0.15, 0.2) is 30.3 Å². The van der Waals surface area contributed by atoms with Crippen LogP contribution < -0.4 is 9.47 Å². The molecule has 106 valence electrons. The summed E-state index contributed by atoms with van der Waals surface area (Å²) < 4.78 is 34.5. The van der Waals surface area contributed by atoms with Crippen molar-refractivity contribution in [2.75, 3.05) is 6.61 Å². The lowest BCUT2D eigenvalue weighted by atomic mass is 10.1. The summed E-state index contributed by atoms with van der Waals surface area (Å²) in [7, 11) is 0. The molecule has 0 aliphatic heterocycles. The SMILES string of the molecule is CCOc1ccc(-c2ccc(Cl)nn2)cc1OC(F)F. The van der Waals surface area contributed by atoms with Gasteiger partial charge in [-0.2, -0.15) is 8.78 Å². The molecule has 0 saturated carbocycles. The molecule has 0 saturated heterocycles. The minimum Gasteiger partial charge on any atom is -0.490 e. The van der Waals surface area contributed by atoms with Crippen LogP contribution in [-0.4, -0.2) is 23.4 Å². The van der Waals surface area contributed by atoms with E-state index in [1.165, 1.54) is 6.07 Å². The molecule has 0 aliphatic carbocycles. The Bertz CT molecular complexity index is 579. The molecular formula is C13H11ClF2N2O2. The fourth-order valence-corrected chi connectivity index (χ4v) is 1.70. The van der Waals surface area contributed by atoms with Crippen molar-refractivity contribution in [1.29, 1.82) is 0 Å². The predicted octanol–water partition coefficient (Wildman–Crippen LogP) is 3.80. The number of alkyl halides is 2.